The van der Waals surface area contributed by atoms with Crippen molar-refractivity contribution in [1.82, 2.24) is 29.3 Å². The van der Waals surface area contributed by atoms with E-state index >= 15 is 0 Å². The van der Waals surface area contributed by atoms with Gasteiger partial charge in [0, 0.05) is 49.1 Å². The van der Waals surface area contributed by atoms with Crippen molar-refractivity contribution in [1.29, 1.82) is 0 Å². The number of fused-ring (bicyclic) bond motifs is 2. The third-order valence-electron chi connectivity index (χ3n) is 8.53. The third kappa shape index (κ3) is 3.00. The lowest BCUT2D eigenvalue weighted by atomic mass is 10.1. The second-order valence-electron chi connectivity index (χ2n) is 10.7. The van der Waals surface area contributed by atoms with E-state index < -0.39 is 0 Å². The number of pyridine rings is 1. The number of rotatable bonds is 5. The molecule has 38 heavy (non-hydrogen) atoms. The smallest absolute Gasteiger partial charge is 0.407 e. The van der Waals surface area contributed by atoms with Gasteiger partial charge in [0.15, 0.2) is 5.82 Å². The number of benzene rings is 1. The lowest BCUT2D eigenvalue weighted by molar-refractivity contribution is 0.0145. The molecule has 0 spiro atoms. The highest BCUT2D eigenvalue weighted by Gasteiger charge is 2.59. The first-order valence-electron chi connectivity index (χ1n) is 13.0. The SMILES string of the molecule is COc1cc(C(=O)N2C[C@H]3CC4OC(=O)N[C@H]3[C@@H]42)cc2nc(-c3cc4cccnc4n3CC3C=C3)n(C)c12. The van der Waals surface area contributed by atoms with E-state index in [0.29, 0.717) is 29.3 Å². The number of methoxy groups -OCH3 is 1. The molecule has 4 aliphatic rings. The number of nitrogens with one attached hydrogen (secondary N) is 1. The van der Waals surface area contributed by atoms with Gasteiger partial charge in [0.05, 0.1) is 30.4 Å². The molecule has 1 N–H and O–H groups in total. The van der Waals surface area contributed by atoms with Gasteiger partial charge in [-0.15, -0.1) is 0 Å². The minimum atomic E-state index is -0.387. The molecule has 0 radical (unpaired) electrons. The normalized spacial score (nSPS) is 25.3. The fourth-order valence-corrected chi connectivity index (χ4v) is 6.75. The molecule has 1 saturated carbocycles. The summed E-state index contributed by atoms with van der Waals surface area (Å²) in [4.78, 5) is 37.1. The van der Waals surface area contributed by atoms with Crippen LogP contribution in [0.2, 0.25) is 0 Å². The van der Waals surface area contributed by atoms with E-state index in [0.717, 1.165) is 41.0 Å². The first-order chi connectivity index (χ1) is 18.5. The summed E-state index contributed by atoms with van der Waals surface area (Å²) in [6, 6.07) is 9.57. The molecule has 10 heteroatoms. The van der Waals surface area contributed by atoms with Crippen LogP contribution in [-0.2, 0) is 18.3 Å². The van der Waals surface area contributed by atoms with E-state index in [-0.39, 0.29) is 36.1 Å². The molecular formula is C28H26N6O4. The molecule has 2 aliphatic heterocycles. The van der Waals surface area contributed by atoms with Gasteiger partial charge in [-0.25, -0.2) is 14.8 Å². The summed E-state index contributed by atoms with van der Waals surface area (Å²) in [6.07, 6.45) is 6.34. The van der Waals surface area contributed by atoms with Crippen LogP contribution in [-0.4, -0.2) is 67.8 Å². The number of nitrogens with zero attached hydrogens (tertiary/aromatic N) is 5. The number of allylic oxidation sites excluding steroid dienone is 2. The molecule has 10 nitrogen and oxygen atoms in total. The molecule has 4 aromatic rings. The lowest BCUT2D eigenvalue weighted by Gasteiger charge is -2.35. The molecule has 4 bridgehead atoms. The Morgan fingerprint density at radius 2 is 2.13 bits per heavy atom. The Kier molecular flexibility index (Phi) is 4.34. The van der Waals surface area contributed by atoms with Crippen LogP contribution in [0.3, 0.4) is 0 Å². The lowest BCUT2D eigenvalue weighted by Crippen LogP contribution is -2.56. The van der Waals surface area contributed by atoms with Crippen molar-refractivity contribution in [2.24, 2.45) is 18.9 Å². The summed E-state index contributed by atoms with van der Waals surface area (Å²) >= 11 is 0. The Balaban J connectivity index is 1.21. The number of alkyl carbamates (subject to hydrolysis) is 1. The Morgan fingerprint density at radius 1 is 1.26 bits per heavy atom. The van der Waals surface area contributed by atoms with Crippen LogP contribution < -0.4 is 10.1 Å². The van der Waals surface area contributed by atoms with Gasteiger partial charge >= 0.3 is 6.09 Å². The number of aryl methyl sites for hydroxylation is 1. The summed E-state index contributed by atoms with van der Waals surface area (Å²) in [6.45, 7) is 1.41. The highest BCUT2D eigenvalue weighted by atomic mass is 16.6. The topological polar surface area (TPSA) is 104 Å². The molecule has 2 saturated heterocycles. The van der Waals surface area contributed by atoms with Crippen molar-refractivity contribution in [2.45, 2.75) is 31.2 Å². The summed E-state index contributed by atoms with van der Waals surface area (Å²) in [5.74, 6) is 1.91. The zero-order valence-corrected chi connectivity index (χ0v) is 21.0. The summed E-state index contributed by atoms with van der Waals surface area (Å²) in [5, 5.41) is 3.97. The minimum absolute atomic E-state index is 0.0474. The maximum atomic E-state index is 13.8. The summed E-state index contributed by atoms with van der Waals surface area (Å²) in [5.41, 5.74) is 3.92. The van der Waals surface area contributed by atoms with Gasteiger partial charge in [0.25, 0.3) is 5.91 Å². The van der Waals surface area contributed by atoms with E-state index in [1.807, 2.05) is 34.8 Å². The zero-order chi connectivity index (χ0) is 25.7. The standard InChI is InChI=1S/C28H26N6O4/c1-32-23-18(30-26(32)19-9-15-4-3-7-29-25(15)33(19)12-14-5-6-14)8-16(10-20(23)37-2)27(35)34-13-17-11-21-24(34)22(17)31-28(36)38-21/h3-10,14,17,21-22,24H,11-13H2,1-2H3,(H,31,36)/t17-,21?,22-,24-/m1/s1. The van der Waals surface area contributed by atoms with Crippen molar-refractivity contribution in [3.05, 3.63) is 54.2 Å². The number of hydrogen-bond donors (Lipinski definition) is 1. The highest BCUT2D eigenvalue weighted by molar-refractivity contribution is 6.00. The van der Waals surface area contributed by atoms with Crippen molar-refractivity contribution < 1.29 is 19.1 Å². The quantitative estimate of drug-likeness (QED) is 0.414. The average Bonchev–Trinajstić information content (AvgIpc) is 3.38. The molecule has 3 aromatic heterocycles. The average molecular weight is 511 g/mol. The molecule has 2 amide bonds. The van der Waals surface area contributed by atoms with E-state index in [4.69, 9.17) is 14.5 Å². The second kappa shape index (κ2) is 7.59. The summed E-state index contributed by atoms with van der Waals surface area (Å²) in [7, 11) is 3.58. The van der Waals surface area contributed by atoms with Crippen molar-refractivity contribution in [3.63, 3.8) is 0 Å². The fraction of sp³-hybridized carbons (Fsp3) is 0.357. The minimum Gasteiger partial charge on any atom is -0.494 e. The Labute approximate surface area is 217 Å². The van der Waals surface area contributed by atoms with Crippen LogP contribution in [0.1, 0.15) is 16.8 Å². The Hall–Kier alpha value is -4.34. The predicted octanol–water partition coefficient (Wildman–Crippen LogP) is 3.11. The largest absolute Gasteiger partial charge is 0.494 e. The molecule has 192 valence electrons. The van der Waals surface area contributed by atoms with Gasteiger partial charge in [0.1, 0.15) is 23.0 Å². The number of carbonyl (C=O) groups excluding carboxylic acids is 2. The van der Waals surface area contributed by atoms with E-state index in [9.17, 15) is 9.59 Å². The molecule has 8 rings (SSSR count). The number of likely N-dealkylation sites (tertiary alicyclic amines) is 1. The molecular weight excluding hydrogens is 484 g/mol. The number of amides is 2. The van der Waals surface area contributed by atoms with E-state index in [2.05, 4.69) is 39.2 Å². The first kappa shape index (κ1) is 21.7. The number of carbonyl (C=O) groups is 2. The number of ether oxygens (including phenoxy) is 2. The number of hydrogen-bond acceptors (Lipinski definition) is 6. The predicted molar refractivity (Wildman–Crippen MR) is 139 cm³/mol. The van der Waals surface area contributed by atoms with E-state index in [1.54, 1.807) is 13.2 Å². The van der Waals surface area contributed by atoms with Gasteiger partial charge in [-0.1, -0.05) is 12.2 Å². The van der Waals surface area contributed by atoms with Crippen LogP contribution in [0.4, 0.5) is 4.79 Å². The molecule has 1 aromatic carbocycles. The molecule has 1 unspecified atom stereocenters. The van der Waals surface area contributed by atoms with Crippen molar-refractivity contribution in [2.75, 3.05) is 13.7 Å². The van der Waals surface area contributed by atoms with E-state index in [1.165, 1.54) is 0 Å². The monoisotopic (exact) mass is 510 g/mol. The van der Waals surface area contributed by atoms with Crippen LogP contribution in [0, 0.1) is 11.8 Å². The first-order valence-corrected chi connectivity index (χ1v) is 13.0. The third-order valence-corrected chi connectivity index (χ3v) is 8.53. The molecule has 3 fully saturated rings. The van der Waals surface area contributed by atoms with Gasteiger partial charge in [0.2, 0.25) is 0 Å². The molecule has 5 heterocycles. The molecule has 2 aliphatic carbocycles. The zero-order valence-electron chi connectivity index (χ0n) is 21.0. The van der Waals surface area contributed by atoms with Gasteiger partial charge in [-0.3, -0.25) is 4.79 Å². The maximum absolute atomic E-state index is 13.8. The van der Waals surface area contributed by atoms with Crippen LogP contribution in [0.25, 0.3) is 33.6 Å². The van der Waals surface area contributed by atoms with Crippen molar-refractivity contribution in [3.8, 4) is 17.3 Å². The van der Waals surface area contributed by atoms with Gasteiger partial charge in [-0.05, 0) is 36.8 Å². The number of imidazole rings is 1. The number of piperidine rings is 1. The Morgan fingerprint density at radius 3 is 2.92 bits per heavy atom. The van der Waals surface area contributed by atoms with Gasteiger partial charge < -0.3 is 28.8 Å². The maximum Gasteiger partial charge on any atom is 0.407 e. The van der Waals surface area contributed by atoms with Crippen molar-refractivity contribution >= 4 is 34.1 Å². The van der Waals surface area contributed by atoms with Crippen LogP contribution in [0.5, 0.6) is 5.75 Å². The highest BCUT2D eigenvalue weighted by Crippen LogP contribution is 2.43. The summed E-state index contributed by atoms with van der Waals surface area (Å²) < 4.78 is 15.5. The molecule has 4 atom stereocenters. The number of aromatic nitrogens is 4. The second-order valence-corrected chi connectivity index (χ2v) is 10.7. The van der Waals surface area contributed by atoms with Crippen LogP contribution in [0.15, 0.2) is 48.7 Å². The van der Waals surface area contributed by atoms with Gasteiger partial charge in [-0.2, -0.15) is 0 Å². The fourth-order valence-electron chi connectivity index (χ4n) is 6.75. The Bertz CT molecular complexity index is 1700. The van der Waals surface area contributed by atoms with Crippen LogP contribution >= 0.6 is 0 Å².